The summed E-state index contributed by atoms with van der Waals surface area (Å²) >= 11 is 0. The van der Waals surface area contributed by atoms with E-state index < -0.39 is 0 Å². The Morgan fingerprint density at radius 3 is 2.17 bits per heavy atom. The van der Waals surface area contributed by atoms with E-state index in [1.165, 1.54) is 0 Å². The van der Waals surface area contributed by atoms with Crippen molar-refractivity contribution in [3.05, 3.63) is 23.8 Å². The van der Waals surface area contributed by atoms with E-state index in [0.717, 1.165) is 19.3 Å². The highest BCUT2D eigenvalue weighted by molar-refractivity contribution is 5.90. The third-order valence-corrected chi connectivity index (χ3v) is 2.57. The fourth-order valence-corrected chi connectivity index (χ4v) is 1.53. The zero-order valence-electron chi connectivity index (χ0n) is 11.2. The highest BCUT2D eigenvalue weighted by Gasteiger charge is 2.10. The second-order valence-electron chi connectivity index (χ2n) is 3.94. The molecule has 1 rings (SSSR count). The van der Waals surface area contributed by atoms with Crippen LogP contribution in [0.3, 0.4) is 0 Å². The summed E-state index contributed by atoms with van der Waals surface area (Å²) in [4.78, 5) is 11.8. The van der Waals surface area contributed by atoms with Crippen LogP contribution < -0.4 is 9.47 Å². The molecule has 4 heteroatoms. The van der Waals surface area contributed by atoms with Crippen molar-refractivity contribution in [2.45, 2.75) is 26.2 Å². The first-order chi connectivity index (χ1) is 8.71. The van der Waals surface area contributed by atoms with E-state index in [4.69, 9.17) is 14.2 Å². The molecule has 1 aromatic rings. The molecule has 0 fully saturated rings. The van der Waals surface area contributed by atoms with Crippen LogP contribution in [0.15, 0.2) is 18.2 Å². The van der Waals surface area contributed by atoms with Crippen LogP contribution in [0, 0.1) is 0 Å². The number of hydrogen-bond donors (Lipinski definition) is 0. The van der Waals surface area contributed by atoms with Crippen molar-refractivity contribution in [1.82, 2.24) is 0 Å². The number of unbranched alkanes of at least 4 members (excludes halogenated alkanes) is 2. The molecule has 0 aromatic heterocycles. The van der Waals surface area contributed by atoms with Gasteiger partial charge in [0, 0.05) is 6.07 Å². The molecule has 0 heterocycles. The first-order valence-electron chi connectivity index (χ1n) is 6.11. The molecule has 0 saturated heterocycles. The average Bonchev–Trinajstić information content (AvgIpc) is 2.42. The number of hydrogen-bond acceptors (Lipinski definition) is 4. The van der Waals surface area contributed by atoms with Crippen molar-refractivity contribution in [2.75, 3.05) is 20.8 Å². The molecule has 0 atom stereocenters. The Hall–Kier alpha value is -1.71. The summed E-state index contributed by atoms with van der Waals surface area (Å²) in [6.45, 7) is 2.56. The third-order valence-electron chi connectivity index (χ3n) is 2.57. The Balaban J connectivity index is 2.66. The topological polar surface area (TPSA) is 44.8 Å². The summed E-state index contributed by atoms with van der Waals surface area (Å²) in [5.41, 5.74) is 0.447. The van der Waals surface area contributed by atoms with Crippen molar-refractivity contribution in [3.63, 3.8) is 0 Å². The van der Waals surface area contributed by atoms with Gasteiger partial charge in [-0.2, -0.15) is 0 Å². The number of rotatable bonds is 7. The lowest BCUT2D eigenvalue weighted by Gasteiger charge is -2.08. The molecule has 0 amide bonds. The van der Waals surface area contributed by atoms with Gasteiger partial charge in [-0.1, -0.05) is 19.8 Å². The predicted octanol–water partition coefficient (Wildman–Crippen LogP) is 3.05. The Kier molecular flexibility index (Phi) is 6.05. The van der Waals surface area contributed by atoms with Gasteiger partial charge in [0.05, 0.1) is 26.4 Å². The van der Waals surface area contributed by atoms with Crippen LogP contribution in [0.25, 0.3) is 0 Å². The molecule has 0 radical (unpaired) electrons. The van der Waals surface area contributed by atoms with Crippen LogP contribution in [-0.2, 0) is 4.74 Å². The third kappa shape index (κ3) is 4.28. The first-order valence-corrected chi connectivity index (χ1v) is 6.11. The molecular weight excluding hydrogens is 232 g/mol. The Labute approximate surface area is 108 Å². The zero-order chi connectivity index (χ0) is 13.4. The van der Waals surface area contributed by atoms with Gasteiger partial charge >= 0.3 is 5.97 Å². The minimum Gasteiger partial charge on any atom is -0.497 e. The van der Waals surface area contributed by atoms with E-state index in [1.54, 1.807) is 32.4 Å². The molecule has 0 N–H and O–H groups in total. The smallest absolute Gasteiger partial charge is 0.338 e. The highest BCUT2D eigenvalue weighted by Crippen LogP contribution is 2.22. The van der Waals surface area contributed by atoms with Crippen molar-refractivity contribution in [1.29, 1.82) is 0 Å². The van der Waals surface area contributed by atoms with Crippen LogP contribution in [-0.4, -0.2) is 26.8 Å². The number of methoxy groups -OCH3 is 2. The molecule has 0 aliphatic rings. The Morgan fingerprint density at radius 1 is 1.06 bits per heavy atom. The lowest BCUT2D eigenvalue weighted by molar-refractivity contribution is 0.0497. The van der Waals surface area contributed by atoms with Crippen LogP contribution in [0.5, 0.6) is 11.5 Å². The fourth-order valence-electron chi connectivity index (χ4n) is 1.53. The number of benzene rings is 1. The van der Waals surface area contributed by atoms with Gasteiger partial charge in [-0.3, -0.25) is 0 Å². The van der Waals surface area contributed by atoms with Crippen LogP contribution >= 0.6 is 0 Å². The molecule has 4 nitrogen and oxygen atoms in total. The molecule has 0 spiro atoms. The van der Waals surface area contributed by atoms with Crippen LogP contribution in [0.4, 0.5) is 0 Å². The van der Waals surface area contributed by atoms with Gasteiger partial charge in [-0.05, 0) is 18.6 Å². The Bertz CT molecular complexity index is 365. The summed E-state index contributed by atoms with van der Waals surface area (Å²) in [7, 11) is 3.09. The second kappa shape index (κ2) is 7.58. The molecular formula is C14H20O4. The quantitative estimate of drug-likeness (QED) is 0.552. The number of esters is 1. The zero-order valence-corrected chi connectivity index (χ0v) is 11.2. The van der Waals surface area contributed by atoms with Crippen LogP contribution in [0.2, 0.25) is 0 Å². The van der Waals surface area contributed by atoms with Gasteiger partial charge < -0.3 is 14.2 Å². The summed E-state index contributed by atoms with van der Waals surface area (Å²) in [5.74, 6) is 0.813. The normalized spacial score (nSPS) is 9.94. The first kappa shape index (κ1) is 14.4. The van der Waals surface area contributed by atoms with Crippen molar-refractivity contribution >= 4 is 5.97 Å². The average molecular weight is 252 g/mol. The summed E-state index contributed by atoms with van der Waals surface area (Å²) in [6, 6.07) is 5.00. The summed E-state index contributed by atoms with van der Waals surface area (Å²) in [5, 5.41) is 0. The minimum atomic E-state index is -0.344. The monoisotopic (exact) mass is 252 g/mol. The highest BCUT2D eigenvalue weighted by atomic mass is 16.5. The lowest BCUT2D eigenvalue weighted by atomic mass is 10.2. The Morgan fingerprint density at radius 2 is 1.67 bits per heavy atom. The molecule has 0 saturated carbocycles. The standard InChI is InChI=1S/C14H20O4/c1-4-5-6-7-18-14(15)11-8-12(16-2)10-13(9-11)17-3/h8-10H,4-7H2,1-3H3. The van der Waals surface area contributed by atoms with E-state index in [0.29, 0.717) is 23.7 Å². The predicted molar refractivity (Wildman–Crippen MR) is 69.4 cm³/mol. The van der Waals surface area contributed by atoms with Gasteiger partial charge in [0.2, 0.25) is 0 Å². The second-order valence-corrected chi connectivity index (χ2v) is 3.94. The number of ether oxygens (including phenoxy) is 3. The number of carbonyl (C=O) groups excluding carboxylic acids is 1. The van der Waals surface area contributed by atoms with Crippen molar-refractivity contribution < 1.29 is 19.0 Å². The van der Waals surface area contributed by atoms with E-state index in [2.05, 4.69) is 6.92 Å². The lowest BCUT2D eigenvalue weighted by Crippen LogP contribution is -2.07. The fraction of sp³-hybridized carbons (Fsp3) is 0.500. The van der Waals surface area contributed by atoms with Crippen LogP contribution in [0.1, 0.15) is 36.5 Å². The maximum Gasteiger partial charge on any atom is 0.338 e. The van der Waals surface area contributed by atoms with Gasteiger partial charge in [0.15, 0.2) is 0 Å². The van der Waals surface area contributed by atoms with Gasteiger partial charge in [0.1, 0.15) is 11.5 Å². The SMILES string of the molecule is CCCCCOC(=O)c1cc(OC)cc(OC)c1. The molecule has 1 aromatic carbocycles. The molecule has 0 aliphatic carbocycles. The van der Waals surface area contributed by atoms with Crippen molar-refractivity contribution in [2.24, 2.45) is 0 Å². The summed E-state index contributed by atoms with van der Waals surface area (Å²) in [6.07, 6.45) is 3.06. The van der Waals surface area contributed by atoms with E-state index in [9.17, 15) is 4.79 Å². The largest absolute Gasteiger partial charge is 0.497 e. The summed E-state index contributed by atoms with van der Waals surface area (Å²) < 4.78 is 15.4. The van der Waals surface area contributed by atoms with Gasteiger partial charge in [-0.25, -0.2) is 4.79 Å². The molecule has 0 aliphatic heterocycles. The van der Waals surface area contributed by atoms with Crippen molar-refractivity contribution in [3.8, 4) is 11.5 Å². The molecule has 18 heavy (non-hydrogen) atoms. The van der Waals surface area contributed by atoms with E-state index >= 15 is 0 Å². The maximum atomic E-state index is 11.8. The van der Waals surface area contributed by atoms with Gasteiger partial charge in [-0.15, -0.1) is 0 Å². The van der Waals surface area contributed by atoms with E-state index in [-0.39, 0.29) is 5.97 Å². The minimum absolute atomic E-state index is 0.344. The maximum absolute atomic E-state index is 11.8. The van der Waals surface area contributed by atoms with E-state index in [1.807, 2.05) is 0 Å². The molecule has 0 bridgehead atoms. The molecule has 100 valence electrons. The molecule has 0 unspecified atom stereocenters. The van der Waals surface area contributed by atoms with Gasteiger partial charge in [0.25, 0.3) is 0 Å². The number of carbonyl (C=O) groups is 1.